The number of halogens is 1. The number of benzene rings is 1. The summed E-state index contributed by atoms with van der Waals surface area (Å²) in [6, 6.07) is 8.21. The quantitative estimate of drug-likeness (QED) is 0.709. The molecule has 0 saturated carbocycles. The number of nitrogens with one attached hydrogen (secondary N) is 1. The van der Waals surface area contributed by atoms with Gasteiger partial charge in [-0.1, -0.05) is 11.6 Å². The molecular formula is C18H15ClN2O5. The molecule has 2 aromatic heterocycles. The highest BCUT2D eigenvalue weighted by Gasteiger charge is 2.21. The molecule has 8 heteroatoms. The second-order valence-corrected chi connectivity index (χ2v) is 6.09. The molecule has 1 N–H and O–H groups in total. The minimum Gasteiger partial charge on any atom is -0.450 e. The van der Waals surface area contributed by atoms with Gasteiger partial charge in [0.2, 0.25) is 5.76 Å². The molecule has 26 heavy (non-hydrogen) atoms. The standard InChI is InChI=1S/C18H15ClN2O5/c1-10-12-8-11(19)5-6-14(12)26-16(10)18(24)25-9-15(22)20-17(23)13-4-3-7-21(13)2/h3-8H,9H2,1-2H3,(H,20,22,23). The zero-order chi connectivity index (χ0) is 18.8. The summed E-state index contributed by atoms with van der Waals surface area (Å²) < 4.78 is 12.0. The van der Waals surface area contributed by atoms with Crippen molar-refractivity contribution >= 4 is 40.4 Å². The maximum Gasteiger partial charge on any atom is 0.375 e. The maximum absolute atomic E-state index is 12.2. The smallest absolute Gasteiger partial charge is 0.375 e. The molecule has 0 aliphatic heterocycles. The molecule has 0 aliphatic carbocycles. The molecule has 0 saturated heterocycles. The highest BCUT2D eigenvalue weighted by molar-refractivity contribution is 6.31. The predicted octanol–water partition coefficient (Wildman–Crippen LogP) is 2.85. The van der Waals surface area contributed by atoms with E-state index in [4.69, 9.17) is 20.8 Å². The third-order valence-corrected chi connectivity index (χ3v) is 4.08. The maximum atomic E-state index is 12.2. The van der Waals surface area contributed by atoms with E-state index >= 15 is 0 Å². The summed E-state index contributed by atoms with van der Waals surface area (Å²) in [6.07, 6.45) is 1.68. The average molecular weight is 375 g/mol. The van der Waals surface area contributed by atoms with Gasteiger partial charge in [0.25, 0.3) is 11.8 Å². The molecule has 1 aromatic carbocycles. The van der Waals surface area contributed by atoms with Crippen LogP contribution in [0.3, 0.4) is 0 Å². The number of nitrogens with zero attached hydrogens (tertiary/aromatic N) is 1. The summed E-state index contributed by atoms with van der Waals surface area (Å²) in [4.78, 5) is 35.9. The van der Waals surface area contributed by atoms with Gasteiger partial charge in [0, 0.05) is 29.2 Å². The van der Waals surface area contributed by atoms with Crippen molar-refractivity contribution in [3.8, 4) is 0 Å². The molecule has 0 radical (unpaired) electrons. The van der Waals surface area contributed by atoms with Crippen LogP contribution < -0.4 is 5.32 Å². The fourth-order valence-corrected chi connectivity index (χ4v) is 2.68. The molecule has 0 aliphatic rings. The lowest BCUT2D eigenvalue weighted by Gasteiger charge is -2.06. The predicted molar refractivity (Wildman–Crippen MR) is 94.1 cm³/mol. The first-order valence-corrected chi connectivity index (χ1v) is 8.06. The fraction of sp³-hybridized carbons (Fsp3) is 0.167. The monoisotopic (exact) mass is 374 g/mol. The van der Waals surface area contributed by atoms with Crippen LogP contribution in [0.5, 0.6) is 0 Å². The van der Waals surface area contributed by atoms with Gasteiger partial charge in [-0.15, -0.1) is 0 Å². The number of fused-ring (bicyclic) bond motifs is 1. The molecule has 0 fully saturated rings. The van der Waals surface area contributed by atoms with Crippen LogP contribution >= 0.6 is 11.6 Å². The van der Waals surface area contributed by atoms with Gasteiger partial charge in [0.15, 0.2) is 6.61 Å². The van der Waals surface area contributed by atoms with Crippen molar-refractivity contribution in [2.24, 2.45) is 7.05 Å². The molecule has 2 amide bonds. The lowest BCUT2D eigenvalue weighted by molar-refractivity contribution is -0.123. The van der Waals surface area contributed by atoms with Crippen molar-refractivity contribution in [1.29, 1.82) is 0 Å². The largest absolute Gasteiger partial charge is 0.450 e. The van der Waals surface area contributed by atoms with Crippen molar-refractivity contribution in [3.05, 3.63) is 58.6 Å². The molecule has 7 nitrogen and oxygen atoms in total. The van der Waals surface area contributed by atoms with Crippen LogP contribution in [0.2, 0.25) is 5.02 Å². The Morgan fingerprint density at radius 3 is 2.73 bits per heavy atom. The number of rotatable bonds is 4. The number of furan rings is 1. The van der Waals surface area contributed by atoms with Gasteiger partial charge in [-0.2, -0.15) is 0 Å². The highest BCUT2D eigenvalue weighted by atomic mass is 35.5. The summed E-state index contributed by atoms with van der Waals surface area (Å²) in [7, 11) is 1.68. The zero-order valence-corrected chi connectivity index (χ0v) is 14.8. The van der Waals surface area contributed by atoms with Crippen LogP contribution in [0.25, 0.3) is 11.0 Å². The Morgan fingerprint density at radius 1 is 1.27 bits per heavy atom. The molecular weight excluding hydrogens is 360 g/mol. The minimum atomic E-state index is -0.795. The molecule has 0 atom stereocenters. The Morgan fingerprint density at radius 2 is 2.04 bits per heavy atom. The van der Waals surface area contributed by atoms with E-state index < -0.39 is 24.4 Å². The zero-order valence-electron chi connectivity index (χ0n) is 14.0. The van der Waals surface area contributed by atoms with Crippen molar-refractivity contribution in [1.82, 2.24) is 9.88 Å². The fourth-order valence-electron chi connectivity index (χ4n) is 2.51. The number of amides is 2. The van der Waals surface area contributed by atoms with Crippen LogP contribution in [-0.4, -0.2) is 29.0 Å². The Balaban J connectivity index is 1.64. The normalized spacial score (nSPS) is 10.7. The third kappa shape index (κ3) is 3.48. The van der Waals surface area contributed by atoms with Crippen molar-refractivity contribution in [2.45, 2.75) is 6.92 Å². The molecule has 3 rings (SSSR count). The van der Waals surface area contributed by atoms with Crippen LogP contribution in [0.15, 0.2) is 40.9 Å². The van der Waals surface area contributed by atoms with Gasteiger partial charge >= 0.3 is 5.97 Å². The molecule has 2 heterocycles. The van der Waals surface area contributed by atoms with Gasteiger partial charge in [-0.3, -0.25) is 14.9 Å². The van der Waals surface area contributed by atoms with Crippen LogP contribution in [-0.2, 0) is 16.6 Å². The topological polar surface area (TPSA) is 90.5 Å². The van der Waals surface area contributed by atoms with E-state index in [1.54, 1.807) is 55.1 Å². The van der Waals surface area contributed by atoms with Gasteiger partial charge < -0.3 is 13.7 Å². The van der Waals surface area contributed by atoms with Crippen LogP contribution in [0.1, 0.15) is 26.6 Å². The summed E-state index contributed by atoms with van der Waals surface area (Å²) in [5.74, 6) is -2.12. The Kier molecular flexibility index (Phi) is 4.81. The van der Waals surface area contributed by atoms with Crippen molar-refractivity contribution in [2.75, 3.05) is 6.61 Å². The number of ether oxygens (including phenoxy) is 1. The molecule has 0 unspecified atom stereocenters. The second-order valence-electron chi connectivity index (χ2n) is 5.65. The first kappa shape index (κ1) is 17.8. The first-order valence-electron chi connectivity index (χ1n) is 7.68. The molecule has 3 aromatic rings. The highest BCUT2D eigenvalue weighted by Crippen LogP contribution is 2.28. The summed E-state index contributed by atoms with van der Waals surface area (Å²) in [5, 5.41) is 3.36. The molecule has 0 spiro atoms. The van der Waals surface area contributed by atoms with E-state index in [0.717, 1.165) is 0 Å². The van der Waals surface area contributed by atoms with Crippen molar-refractivity contribution < 1.29 is 23.5 Å². The lowest BCUT2D eigenvalue weighted by atomic mass is 10.1. The average Bonchev–Trinajstić information content (AvgIpc) is 3.17. The summed E-state index contributed by atoms with van der Waals surface area (Å²) in [6.45, 7) is 1.09. The minimum absolute atomic E-state index is 0.0103. The van der Waals surface area contributed by atoms with E-state index in [-0.39, 0.29) is 5.76 Å². The van der Waals surface area contributed by atoms with Gasteiger partial charge in [0.05, 0.1) is 0 Å². The third-order valence-electron chi connectivity index (χ3n) is 3.85. The van der Waals surface area contributed by atoms with E-state index in [1.165, 1.54) is 0 Å². The molecule has 0 bridgehead atoms. The summed E-state index contributed by atoms with van der Waals surface area (Å²) in [5.41, 5.74) is 1.37. The van der Waals surface area contributed by atoms with E-state index in [2.05, 4.69) is 5.32 Å². The number of carbonyl (C=O) groups excluding carboxylic acids is 3. The van der Waals surface area contributed by atoms with E-state index in [9.17, 15) is 14.4 Å². The second kappa shape index (κ2) is 7.05. The lowest BCUT2D eigenvalue weighted by Crippen LogP contribution is -2.35. The van der Waals surface area contributed by atoms with Gasteiger partial charge in [-0.05, 0) is 37.3 Å². The number of hydrogen-bond acceptors (Lipinski definition) is 5. The van der Waals surface area contributed by atoms with Crippen LogP contribution in [0.4, 0.5) is 0 Å². The number of aryl methyl sites for hydroxylation is 2. The number of carbonyl (C=O) groups is 3. The van der Waals surface area contributed by atoms with E-state index in [0.29, 0.717) is 27.2 Å². The Bertz CT molecular complexity index is 1020. The Labute approximate surface area is 153 Å². The number of imide groups is 1. The number of esters is 1. The van der Waals surface area contributed by atoms with Gasteiger partial charge in [0.1, 0.15) is 11.3 Å². The SMILES string of the molecule is Cc1c(C(=O)OCC(=O)NC(=O)c2cccn2C)oc2ccc(Cl)cc12. The first-order chi connectivity index (χ1) is 12.4. The number of hydrogen-bond donors (Lipinski definition) is 1. The van der Waals surface area contributed by atoms with Crippen molar-refractivity contribution in [3.63, 3.8) is 0 Å². The van der Waals surface area contributed by atoms with Gasteiger partial charge in [-0.25, -0.2) is 4.79 Å². The Hall–Kier alpha value is -3.06. The van der Waals surface area contributed by atoms with Crippen LogP contribution in [0, 0.1) is 6.92 Å². The molecule has 134 valence electrons. The van der Waals surface area contributed by atoms with E-state index in [1.807, 2.05) is 0 Å². The summed E-state index contributed by atoms with van der Waals surface area (Å²) >= 11 is 5.94. The number of aromatic nitrogens is 1.